The van der Waals surface area contributed by atoms with Gasteiger partial charge >= 0.3 is 0 Å². The second-order valence-corrected chi connectivity index (χ2v) is 4.32. The topological polar surface area (TPSA) is 79.3 Å². The Hall–Kier alpha value is -2.76. The van der Waals surface area contributed by atoms with Crippen molar-refractivity contribution in [2.45, 2.75) is 0 Å². The van der Waals surface area contributed by atoms with Gasteiger partial charge in [0.15, 0.2) is 0 Å². The molecule has 2 N–H and O–H groups in total. The molecule has 1 aromatic carbocycles. The van der Waals surface area contributed by atoms with Crippen molar-refractivity contribution in [3.05, 3.63) is 54.1 Å². The van der Waals surface area contributed by atoms with Crippen LogP contribution in [-0.2, 0) is 0 Å². The monoisotopic (exact) mass is 267 g/mol. The quantitative estimate of drug-likeness (QED) is 0.872. The Labute approximate surface area is 116 Å². The first-order chi connectivity index (χ1) is 9.83. The van der Waals surface area contributed by atoms with Crippen LogP contribution in [0.3, 0.4) is 0 Å². The number of aliphatic imine (C=N–C) groups is 1. The van der Waals surface area contributed by atoms with Gasteiger partial charge in [-0.1, -0.05) is 0 Å². The number of hydrogen-bond donors (Lipinski definition) is 2. The fourth-order valence-corrected chi connectivity index (χ4v) is 1.92. The zero-order valence-electron chi connectivity index (χ0n) is 10.7. The zero-order chi connectivity index (χ0) is 13.8. The highest BCUT2D eigenvalue weighted by Crippen LogP contribution is 2.12. The second-order valence-electron chi connectivity index (χ2n) is 4.32. The van der Waals surface area contributed by atoms with E-state index in [4.69, 9.17) is 0 Å². The number of carbonyl (C=O) groups excluding carboxylic acids is 1. The van der Waals surface area contributed by atoms with Crippen LogP contribution in [0.1, 0.15) is 15.9 Å². The largest absolute Gasteiger partial charge is 0.368 e. The van der Waals surface area contributed by atoms with Crippen LogP contribution in [0.4, 0.5) is 5.69 Å². The molecule has 6 nitrogen and oxygen atoms in total. The van der Waals surface area contributed by atoms with Crippen LogP contribution in [0.15, 0.2) is 48.0 Å². The summed E-state index contributed by atoms with van der Waals surface area (Å²) >= 11 is 0. The van der Waals surface area contributed by atoms with E-state index < -0.39 is 0 Å². The van der Waals surface area contributed by atoms with Gasteiger partial charge in [-0.3, -0.25) is 9.79 Å². The molecule has 1 amide bonds. The molecule has 3 rings (SSSR count). The third kappa shape index (κ3) is 2.64. The molecule has 1 aromatic heterocycles. The zero-order valence-corrected chi connectivity index (χ0v) is 10.7. The number of amidine groups is 1. The number of amides is 1. The Morgan fingerprint density at radius 1 is 1.15 bits per heavy atom. The first-order valence-corrected chi connectivity index (χ1v) is 6.28. The lowest BCUT2D eigenvalue weighted by molar-refractivity contribution is 0.102. The average molecular weight is 267 g/mol. The van der Waals surface area contributed by atoms with E-state index >= 15 is 0 Å². The van der Waals surface area contributed by atoms with E-state index in [0.717, 1.165) is 30.2 Å². The van der Waals surface area contributed by atoms with E-state index in [0.29, 0.717) is 5.56 Å². The lowest BCUT2D eigenvalue weighted by Gasteiger charge is -2.06. The first kappa shape index (κ1) is 12.3. The Bertz CT molecular complexity index is 636. The van der Waals surface area contributed by atoms with Crippen molar-refractivity contribution in [2.24, 2.45) is 4.99 Å². The van der Waals surface area contributed by atoms with E-state index in [-0.39, 0.29) is 5.91 Å². The Balaban J connectivity index is 1.71. The van der Waals surface area contributed by atoms with E-state index in [1.165, 1.54) is 18.7 Å². The fraction of sp³-hybridized carbons (Fsp3) is 0.143. The highest BCUT2D eigenvalue weighted by molar-refractivity contribution is 6.04. The van der Waals surface area contributed by atoms with Crippen molar-refractivity contribution in [3.63, 3.8) is 0 Å². The van der Waals surface area contributed by atoms with Gasteiger partial charge in [0.25, 0.3) is 5.91 Å². The molecule has 0 radical (unpaired) electrons. The molecule has 0 atom stereocenters. The predicted molar refractivity (Wildman–Crippen MR) is 75.8 cm³/mol. The third-order valence-electron chi connectivity index (χ3n) is 2.91. The second kappa shape index (κ2) is 5.48. The highest BCUT2D eigenvalue weighted by atomic mass is 16.1. The van der Waals surface area contributed by atoms with Crippen LogP contribution in [0.5, 0.6) is 0 Å². The number of anilines is 1. The number of carbonyl (C=O) groups is 1. The summed E-state index contributed by atoms with van der Waals surface area (Å²) in [5, 5.41) is 6.00. The summed E-state index contributed by atoms with van der Waals surface area (Å²) in [5.41, 5.74) is 2.17. The summed E-state index contributed by atoms with van der Waals surface area (Å²) in [7, 11) is 0. The Kier molecular flexibility index (Phi) is 3.36. The maximum Gasteiger partial charge on any atom is 0.258 e. The molecule has 0 fully saturated rings. The lowest BCUT2D eigenvalue weighted by atomic mass is 10.2. The summed E-state index contributed by atoms with van der Waals surface area (Å²) in [6.07, 6.45) is 4.35. The van der Waals surface area contributed by atoms with Gasteiger partial charge in [0, 0.05) is 30.2 Å². The highest BCUT2D eigenvalue weighted by Gasteiger charge is 2.09. The maximum atomic E-state index is 11.9. The molecule has 1 aliphatic rings. The number of benzene rings is 1. The fourth-order valence-electron chi connectivity index (χ4n) is 1.92. The van der Waals surface area contributed by atoms with Crippen LogP contribution < -0.4 is 10.6 Å². The van der Waals surface area contributed by atoms with Crippen molar-refractivity contribution in [2.75, 3.05) is 18.4 Å². The molecule has 0 spiro atoms. The number of nitrogens with zero attached hydrogens (tertiary/aromatic N) is 3. The van der Waals surface area contributed by atoms with Gasteiger partial charge in [0.2, 0.25) is 0 Å². The first-order valence-electron chi connectivity index (χ1n) is 6.28. The average Bonchev–Trinajstić information content (AvgIpc) is 3.03. The molecule has 2 aromatic rings. The number of hydrogen-bond acceptors (Lipinski definition) is 5. The van der Waals surface area contributed by atoms with Gasteiger partial charge in [-0.25, -0.2) is 9.97 Å². The van der Waals surface area contributed by atoms with Crippen LogP contribution in [0.2, 0.25) is 0 Å². The molecule has 0 saturated carbocycles. The summed E-state index contributed by atoms with van der Waals surface area (Å²) < 4.78 is 0. The minimum absolute atomic E-state index is 0.227. The third-order valence-corrected chi connectivity index (χ3v) is 2.91. The van der Waals surface area contributed by atoms with Crippen molar-refractivity contribution in [3.8, 4) is 0 Å². The summed E-state index contributed by atoms with van der Waals surface area (Å²) in [4.78, 5) is 23.9. The Morgan fingerprint density at radius 2 is 1.90 bits per heavy atom. The van der Waals surface area contributed by atoms with Gasteiger partial charge in [-0.05, 0) is 24.3 Å². The molecule has 1 aliphatic heterocycles. The smallest absolute Gasteiger partial charge is 0.258 e. The molecule has 100 valence electrons. The predicted octanol–water partition coefficient (Wildman–Crippen LogP) is 1.08. The SMILES string of the molecule is O=C(Nc1ccc(C2=NCCN2)cc1)c1cncnc1. The van der Waals surface area contributed by atoms with Crippen molar-refractivity contribution in [1.82, 2.24) is 15.3 Å². The van der Waals surface area contributed by atoms with Gasteiger partial charge in [-0.15, -0.1) is 0 Å². The summed E-state index contributed by atoms with van der Waals surface area (Å²) in [6.45, 7) is 1.68. The molecule has 0 aliphatic carbocycles. The van der Waals surface area contributed by atoms with E-state index in [9.17, 15) is 4.79 Å². The van der Waals surface area contributed by atoms with Crippen LogP contribution in [-0.4, -0.2) is 34.8 Å². The standard InChI is InChI=1S/C14H13N5O/c20-14(11-7-15-9-16-8-11)19-12-3-1-10(2-4-12)13-17-5-6-18-13/h1-4,7-9H,5-6H2,(H,17,18)(H,19,20). The number of nitrogens with one attached hydrogen (secondary N) is 2. The van der Waals surface area contributed by atoms with E-state index in [1.54, 1.807) is 0 Å². The maximum absolute atomic E-state index is 11.9. The van der Waals surface area contributed by atoms with E-state index in [2.05, 4.69) is 25.6 Å². The molecule has 20 heavy (non-hydrogen) atoms. The molecular weight excluding hydrogens is 254 g/mol. The van der Waals surface area contributed by atoms with E-state index in [1.807, 2.05) is 24.3 Å². The summed E-state index contributed by atoms with van der Waals surface area (Å²) in [6, 6.07) is 7.54. The van der Waals surface area contributed by atoms with Gasteiger partial charge in [-0.2, -0.15) is 0 Å². The molecular formula is C14H13N5O. The van der Waals surface area contributed by atoms with Crippen molar-refractivity contribution < 1.29 is 4.79 Å². The number of rotatable bonds is 3. The van der Waals surface area contributed by atoms with Crippen LogP contribution in [0.25, 0.3) is 0 Å². The molecule has 6 heteroatoms. The summed E-state index contributed by atoms with van der Waals surface area (Å²) in [5.74, 6) is 0.675. The van der Waals surface area contributed by atoms with Gasteiger partial charge in [0.1, 0.15) is 12.2 Å². The Morgan fingerprint density at radius 3 is 2.55 bits per heavy atom. The molecule has 0 bridgehead atoms. The minimum atomic E-state index is -0.227. The van der Waals surface area contributed by atoms with Crippen molar-refractivity contribution in [1.29, 1.82) is 0 Å². The van der Waals surface area contributed by atoms with Crippen molar-refractivity contribution >= 4 is 17.4 Å². The lowest BCUT2D eigenvalue weighted by Crippen LogP contribution is -2.19. The van der Waals surface area contributed by atoms with Crippen LogP contribution in [0, 0.1) is 0 Å². The normalized spacial score (nSPS) is 13.5. The van der Waals surface area contributed by atoms with Crippen LogP contribution >= 0.6 is 0 Å². The molecule has 0 unspecified atom stereocenters. The molecule has 0 saturated heterocycles. The minimum Gasteiger partial charge on any atom is -0.368 e. The number of aromatic nitrogens is 2. The van der Waals surface area contributed by atoms with Gasteiger partial charge < -0.3 is 10.6 Å². The molecule has 2 heterocycles. The van der Waals surface area contributed by atoms with Gasteiger partial charge in [0.05, 0.1) is 12.1 Å².